The van der Waals surface area contributed by atoms with E-state index in [1.54, 1.807) is 4.90 Å². The number of amides is 3. The molecule has 5 aliphatic rings. The van der Waals surface area contributed by atoms with E-state index in [1.165, 1.54) is 12.8 Å². The third-order valence-electron chi connectivity index (χ3n) is 8.32. The molecule has 2 saturated heterocycles. The van der Waals surface area contributed by atoms with Gasteiger partial charge in [0.1, 0.15) is 11.6 Å². The number of carbonyl (C=O) groups is 3. The Labute approximate surface area is 190 Å². The van der Waals surface area contributed by atoms with Gasteiger partial charge in [0.25, 0.3) is 0 Å². The SMILES string of the molecule is CC(C)N1C(=O)[C@@H]2[C@H](C(=O)NC3CCCCC3)[C@H]3C=C[C@@]2(O3)[C@H]1C(=O)NC1CCCCC1. The maximum Gasteiger partial charge on any atom is 0.246 e. The third-order valence-corrected chi connectivity index (χ3v) is 8.32. The monoisotopic (exact) mass is 443 g/mol. The number of hydrogen-bond acceptors (Lipinski definition) is 4. The van der Waals surface area contributed by atoms with Gasteiger partial charge in [0.05, 0.1) is 17.9 Å². The molecule has 2 aliphatic carbocycles. The number of ether oxygens (including phenoxy) is 1. The van der Waals surface area contributed by atoms with Gasteiger partial charge in [-0.3, -0.25) is 14.4 Å². The lowest BCUT2D eigenvalue weighted by Gasteiger charge is -2.35. The van der Waals surface area contributed by atoms with Gasteiger partial charge in [-0.1, -0.05) is 50.7 Å². The highest BCUT2D eigenvalue weighted by molar-refractivity contribution is 6.00. The smallest absolute Gasteiger partial charge is 0.246 e. The number of rotatable bonds is 5. The molecule has 4 fully saturated rings. The van der Waals surface area contributed by atoms with Gasteiger partial charge >= 0.3 is 0 Å². The lowest BCUT2D eigenvalue weighted by molar-refractivity contribution is -0.144. The van der Waals surface area contributed by atoms with E-state index in [0.717, 1.165) is 51.4 Å². The summed E-state index contributed by atoms with van der Waals surface area (Å²) in [4.78, 5) is 42.3. The fourth-order valence-corrected chi connectivity index (χ4v) is 6.83. The third kappa shape index (κ3) is 3.47. The first-order valence-corrected chi connectivity index (χ1v) is 12.7. The van der Waals surface area contributed by atoms with Crippen LogP contribution in [0.5, 0.6) is 0 Å². The molecule has 7 heteroatoms. The lowest BCUT2D eigenvalue weighted by atomic mass is 9.74. The predicted molar refractivity (Wildman–Crippen MR) is 120 cm³/mol. The van der Waals surface area contributed by atoms with Crippen molar-refractivity contribution in [2.45, 2.75) is 114 Å². The topological polar surface area (TPSA) is 87.7 Å². The zero-order valence-electron chi connectivity index (χ0n) is 19.3. The van der Waals surface area contributed by atoms with Crippen molar-refractivity contribution in [1.29, 1.82) is 0 Å². The van der Waals surface area contributed by atoms with Crippen molar-refractivity contribution in [2.24, 2.45) is 11.8 Å². The Morgan fingerprint density at radius 3 is 2.09 bits per heavy atom. The Morgan fingerprint density at radius 2 is 1.53 bits per heavy atom. The maximum absolute atomic E-state index is 13.7. The van der Waals surface area contributed by atoms with Gasteiger partial charge in [0.2, 0.25) is 17.7 Å². The molecule has 0 aromatic carbocycles. The van der Waals surface area contributed by atoms with E-state index in [-0.39, 0.29) is 35.8 Å². The highest BCUT2D eigenvalue weighted by Gasteiger charge is 2.73. The normalized spacial score (nSPS) is 37.2. The minimum Gasteiger partial charge on any atom is -0.359 e. The molecule has 2 N–H and O–H groups in total. The van der Waals surface area contributed by atoms with Crippen LogP contribution in [0.15, 0.2) is 12.2 Å². The van der Waals surface area contributed by atoms with E-state index >= 15 is 0 Å². The Kier molecular flexibility index (Phi) is 5.81. The van der Waals surface area contributed by atoms with Crippen molar-refractivity contribution in [1.82, 2.24) is 15.5 Å². The van der Waals surface area contributed by atoms with Crippen LogP contribution in [0, 0.1) is 11.8 Å². The second kappa shape index (κ2) is 8.47. The van der Waals surface area contributed by atoms with E-state index in [0.29, 0.717) is 0 Å². The minimum atomic E-state index is -1.04. The number of hydrogen-bond donors (Lipinski definition) is 2. The molecule has 0 aromatic heterocycles. The number of nitrogens with zero attached hydrogens (tertiary/aromatic N) is 1. The predicted octanol–water partition coefficient (Wildman–Crippen LogP) is 2.44. The molecule has 1 spiro atoms. The van der Waals surface area contributed by atoms with Crippen LogP contribution in [0.3, 0.4) is 0 Å². The molecule has 7 nitrogen and oxygen atoms in total. The minimum absolute atomic E-state index is 0.0940. The van der Waals surface area contributed by atoms with Crippen molar-refractivity contribution in [3.8, 4) is 0 Å². The zero-order valence-corrected chi connectivity index (χ0v) is 19.3. The zero-order chi connectivity index (χ0) is 22.5. The molecule has 176 valence electrons. The second-order valence-corrected chi connectivity index (χ2v) is 10.7. The average Bonchev–Trinajstić information content (AvgIpc) is 3.42. The molecule has 2 bridgehead atoms. The summed E-state index contributed by atoms with van der Waals surface area (Å²) in [5, 5.41) is 6.42. The van der Waals surface area contributed by atoms with Crippen LogP contribution in [-0.4, -0.2) is 58.5 Å². The Balaban J connectivity index is 1.40. The number of likely N-dealkylation sites (tertiary alicyclic amines) is 1. The summed E-state index contributed by atoms with van der Waals surface area (Å²) in [7, 11) is 0. The maximum atomic E-state index is 13.7. The molecule has 0 aromatic rings. The fraction of sp³-hybridized carbons (Fsp3) is 0.800. The molecule has 3 aliphatic heterocycles. The summed E-state index contributed by atoms with van der Waals surface area (Å²) < 4.78 is 6.39. The van der Waals surface area contributed by atoms with Crippen molar-refractivity contribution in [3.05, 3.63) is 12.2 Å². The summed E-state index contributed by atoms with van der Waals surface area (Å²) in [5.74, 6) is -1.56. The largest absolute Gasteiger partial charge is 0.359 e. The van der Waals surface area contributed by atoms with Gasteiger partial charge in [0, 0.05) is 18.1 Å². The van der Waals surface area contributed by atoms with Crippen LogP contribution < -0.4 is 10.6 Å². The van der Waals surface area contributed by atoms with Gasteiger partial charge in [0.15, 0.2) is 0 Å². The summed E-state index contributed by atoms with van der Waals surface area (Å²) >= 11 is 0. The number of carbonyl (C=O) groups excluding carboxylic acids is 3. The van der Waals surface area contributed by atoms with Gasteiger partial charge in [-0.15, -0.1) is 0 Å². The Morgan fingerprint density at radius 1 is 0.969 bits per heavy atom. The summed E-state index contributed by atoms with van der Waals surface area (Å²) in [6, 6.07) is -0.541. The molecule has 2 saturated carbocycles. The first kappa shape index (κ1) is 21.9. The summed E-state index contributed by atoms with van der Waals surface area (Å²) in [5.41, 5.74) is -1.04. The van der Waals surface area contributed by atoms with E-state index in [9.17, 15) is 14.4 Å². The van der Waals surface area contributed by atoms with E-state index < -0.39 is 29.6 Å². The molecule has 3 amide bonds. The van der Waals surface area contributed by atoms with E-state index in [2.05, 4.69) is 10.6 Å². The molecule has 32 heavy (non-hydrogen) atoms. The van der Waals surface area contributed by atoms with Crippen LogP contribution in [0.2, 0.25) is 0 Å². The first-order chi connectivity index (χ1) is 15.4. The molecular formula is C25H37N3O4. The van der Waals surface area contributed by atoms with Gasteiger partial charge in [-0.2, -0.15) is 0 Å². The molecule has 5 atom stereocenters. The van der Waals surface area contributed by atoms with Crippen LogP contribution in [0.4, 0.5) is 0 Å². The highest BCUT2D eigenvalue weighted by atomic mass is 16.5. The molecule has 3 heterocycles. The molecule has 0 unspecified atom stereocenters. The first-order valence-electron chi connectivity index (χ1n) is 12.7. The quantitative estimate of drug-likeness (QED) is 0.639. The number of nitrogens with one attached hydrogen (secondary N) is 2. The van der Waals surface area contributed by atoms with E-state index in [1.807, 2.05) is 26.0 Å². The Hall–Kier alpha value is -1.89. The standard InChI is InChI=1S/C25H37N3O4/c1-15(2)28-21(23(30)27-17-11-7-4-8-12-17)25-14-13-18(32-25)19(20(25)24(28)31)22(29)26-16-9-5-3-6-10-16/h13-21H,3-12H2,1-2H3,(H,26,29)(H,27,30)/t18-,19-,20+,21-,25+/m1/s1. The van der Waals surface area contributed by atoms with E-state index in [4.69, 9.17) is 4.74 Å². The van der Waals surface area contributed by atoms with Crippen molar-refractivity contribution < 1.29 is 19.1 Å². The van der Waals surface area contributed by atoms with Crippen molar-refractivity contribution in [3.63, 3.8) is 0 Å². The summed E-state index contributed by atoms with van der Waals surface area (Å²) in [6.07, 6.45) is 14.3. The lowest BCUT2D eigenvalue weighted by Crippen LogP contribution is -2.57. The Bertz CT molecular complexity index is 799. The average molecular weight is 444 g/mol. The second-order valence-electron chi connectivity index (χ2n) is 10.7. The van der Waals surface area contributed by atoms with Crippen molar-refractivity contribution in [2.75, 3.05) is 0 Å². The van der Waals surface area contributed by atoms with Crippen LogP contribution in [0.1, 0.15) is 78.1 Å². The van der Waals surface area contributed by atoms with Gasteiger partial charge in [-0.25, -0.2) is 0 Å². The van der Waals surface area contributed by atoms with Gasteiger partial charge < -0.3 is 20.3 Å². The molecular weight excluding hydrogens is 406 g/mol. The van der Waals surface area contributed by atoms with Crippen LogP contribution in [-0.2, 0) is 19.1 Å². The van der Waals surface area contributed by atoms with Crippen molar-refractivity contribution >= 4 is 17.7 Å². The van der Waals surface area contributed by atoms with Gasteiger partial charge in [-0.05, 0) is 39.5 Å². The van der Waals surface area contributed by atoms with Crippen LogP contribution in [0.25, 0.3) is 0 Å². The number of fused-ring (bicyclic) bond motifs is 1. The van der Waals surface area contributed by atoms with Crippen LogP contribution >= 0.6 is 0 Å². The fourth-order valence-electron chi connectivity index (χ4n) is 6.83. The highest BCUT2D eigenvalue weighted by Crippen LogP contribution is 2.55. The summed E-state index contributed by atoms with van der Waals surface area (Å²) in [6.45, 7) is 3.87. The molecule has 0 radical (unpaired) electrons. The molecule has 5 rings (SSSR count).